The minimum Gasteiger partial charge on any atom is -0.328 e. The summed E-state index contributed by atoms with van der Waals surface area (Å²) in [6.45, 7) is 1.04. The fourth-order valence-electron chi connectivity index (χ4n) is 2.36. The van der Waals surface area contributed by atoms with Crippen LogP contribution in [0.3, 0.4) is 0 Å². The van der Waals surface area contributed by atoms with Crippen molar-refractivity contribution >= 4 is 50.3 Å². The van der Waals surface area contributed by atoms with Crippen LogP contribution in [-0.2, 0) is 13.0 Å². The fourth-order valence-corrected chi connectivity index (χ4v) is 3.37. The van der Waals surface area contributed by atoms with Crippen LogP contribution >= 0.6 is 39.3 Å². The minimum absolute atomic E-state index is 0.622. The van der Waals surface area contributed by atoms with E-state index in [1.807, 2.05) is 17.8 Å². The number of fused-ring (bicyclic) bond motifs is 1. The number of rotatable bonds is 8. The first kappa shape index (κ1) is 16.2. The van der Waals surface area contributed by atoms with Gasteiger partial charge < -0.3 is 4.57 Å². The van der Waals surface area contributed by atoms with Gasteiger partial charge in [0.15, 0.2) is 0 Å². The number of nitrogens with zero attached hydrogens (tertiary/aromatic N) is 2. The molecule has 0 N–H and O–H groups in total. The second-order valence-electron chi connectivity index (χ2n) is 4.81. The molecular weight excluding hydrogens is 356 g/mol. The lowest BCUT2D eigenvalue weighted by atomic mass is 10.2. The summed E-state index contributed by atoms with van der Waals surface area (Å²) in [5, 5.41) is 0. The Morgan fingerprint density at radius 1 is 1.30 bits per heavy atom. The molecule has 5 heteroatoms. The van der Waals surface area contributed by atoms with Crippen molar-refractivity contribution in [2.24, 2.45) is 0 Å². The lowest BCUT2D eigenvalue weighted by molar-refractivity contribution is 0.596. The van der Waals surface area contributed by atoms with Crippen LogP contribution in [0.25, 0.3) is 11.0 Å². The van der Waals surface area contributed by atoms with Crippen molar-refractivity contribution in [1.29, 1.82) is 0 Å². The highest BCUT2D eigenvalue weighted by Crippen LogP contribution is 2.22. The maximum Gasteiger partial charge on any atom is 0.111 e. The predicted molar refractivity (Wildman–Crippen MR) is 94.1 cm³/mol. The smallest absolute Gasteiger partial charge is 0.111 e. The molecule has 110 valence electrons. The van der Waals surface area contributed by atoms with Crippen molar-refractivity contribution in [2.75, 3.05) is 17.9 Å². The molecule has 0 aliphatic heterocycles. The highest BCUT2D eigenvalue weighted by atomic mass is 79.9. The first-order valence-electron chi connectivity index (χ1n) is 6.96. The van der Waals surface area contributed by atoms with E-state index in [0.29, 0.717) is 5.88 Å². The summed E-state index contributed by atoms with van der Waals surface area (Å²) in [4.78, 5) is 4.71. The maximum atomic E-state index is 5.90. The molecule has 0 spiro atoms. The van der Waals surface area contributed by atoms with Crippen LogP contribution in [-0.4, -0.2) is 27.4 Å². The molecule has 2 nitrogen and oxygen atoms in total. The van der Waals surface area contributed by atoms with E-state index in [9.17, 15) is 0 Å². The average molecular weight is 376 g/mol. The SMILES string of the molecule is CSCCCCCn1c(CCCl)nc2ccc(Br)cc21. The molecule has 1 heterocycles. The van der Waals surface area contributed by atoms with Crippen molar-refractivity contribution in [3.05, 3.63) is 28.5 Å². The Kier molecular flexibility index (Phi) is 6.72. The molecule has 2 aromatic rings. The third kappa shape index (κ3) is 4.15. The van der Waals surface area contributed by atoms with Crippen molar-refractivity contribution < 1.29 is 0 Å². The van der Waals surface area contributed by atoms with Gasteiger partial charge in [-0.1, -0.05) is 22.4 Å². The van der Waals surface area contributed by atoms with Gasteiger partial charge in [-0.15, -0.1) is 11.6 Å². The topological polar surface area (TPSA) is 17.8 Å². The Balaban J connectivity index is 2.15. The zero-order chi connectivity index (χ0) is 14.4. The van der Waals surface area contributed by atoms with Gasteiger partial charge in [-0.05, 0) is 43.0 Å². The first-order valence-corrected chi connectivity index (χ1v) is 9.68. The summed E-state index contributed by atoms with van der Waals surface area (Å²) < 4.78 is 3.44. The number of unbranched alkanes of at least 4 members (excludes halogenated alkanes) is 2. The number of hydrogen-bond donors (Lipinski definition) is 0. The van der Waals surface area contributed by atoms with Crippen LogP contribution in [0.2, 0.25) is 0 Å². The van der Waals surface area contributed by atoms with E-state index in [4.69, 9.17) is 16.6 Å². The number of hydrogen-bond acceptors (Lipinski definition) is 2. The van der Waals surface area contributed by atoms with E-state index in [0.717, 1.165) is 28.8 Å². The molecule has 0 fully saturated rings. The Hall–Kier alpha value is -0.190. The number of imidazole rings is 1. The molecule has 1 aromatic heterocycles. The second-order valence-corrected chi connectivity index (χ2v) is 7.08. The molecule has 0 aliphatic carbocycles. The summed E-state index contributed by atoms with van der Waals surface area (Å²) in [6.07, 6.45) is 6.77. The van der Waals surface area contributed by atoms with Gasteiger partial charge in [-0.2, -0.15) is 11.8 Å². The minimum atomic E-state index is 0.622. The van der Waals surface area contributed by atoms with Crippen molar-refractivity contribution in [1.82, 2.24) is 9.55 Å². The number of alkyl halides is 1. The zero-order valence-corrected chi connectivity index (χ0v) is 14.9. The van der Waals surface area contributed by atoms with E-state index in [2.05, 4.69) is 38.9 Å². The molecule has 0 atom stereocenters. The summed E-state index contributed by atoms with van der Waals surface area (Å²) >= 11 is 11.4. The van der Waals surface area contributed by atoms with Crippen molar-refractivity contribution in [3.63, 3.8) is 0 Å². The van der Waals surface area contributed by atoms with Gasteiger partial charge in [0.2, 0.25) is 0 Å². The van der Waals surface area contributed by atoms with E-state index in [1.165, 1.54) is 30.5 Å². The van der Waals surface area contributed by atoms with Crippen LogP contribution in [0, 0.1) is 0 Å². The van der Waals surface area contributed by atoms with Crippen LogP contribution in [0.4, 0.5) is 0 Å². The number of halogens is 2. The molecule has 0 aliphatic rings. The summed E-state index contributed by atoms with van der Waals surface area (Å²) in [5.41, 5.74) is 2.28. The third-order valence-electron chi connectivity index (χ3n) is 3.34. The second kappa shape index (κ2) is 8.30. The van der Waals surface area contributed by atoms with E-state index in [-0.39, 0.29) is 0 Å². The van der Waals surface area contributed by atoms with Crippen LogP contribution in [0.15, 0.2) is 22.7 Å². The largest absolute Gasteiger partial charge is 0.328 e. The zero-order valence-electron chi connectivity index (χ0n) is 11.7. The molecule has 0 radical (unpaired) electrons. The Morgan fingerprint density at radius 3 is 2.90 bits per heavy atom. The van der Waals surface area contributed by atoms with Gasteiger partial charge in [0.05, 0.1) is 11.0 Å². The van der Waals surface area contributed by atoms with Gasteiger partial charge in [0.1, 0.15) is 5.82 Å². The van der Waals surface area contributed by atoms with E-state index < -0.39 is 0 Å². The maximum absolute atomic E-state index is 5.90. The van der Waals surface area contributed by atoms with Gasteiger partial charge in [-0.3, -0.25) is 0 Å². The van der Waals surface area contributed by atoms with E-state index >= 15 is 0 Å². The Labute approximate surface area is 138 Å². The quantitative estimate of drug-likeness (QED) is 0.471. The fraction of sp³-hybridized carbons (Fsp3) is 0.533. The van der Waals surface area contributed by atoms with Crippen LogP contribution < -0.4 is 0 Å². The summed E-state index contributed by atoms with van der Waals surface area (Å²) in [5.74, 6) is 2.99. The van der Waals surface area contributed by atoms with Gasteiger partial charge in [0, 0.05) is 23.3 Å². The standard InChI is InChI=1S/C15H20BrClN2S/c1-20-10-4-2-3-9-19-14-11-12(16)5-6-13(14)18-15(19)7-8-17/h5-6,11H,2-4,7-10H2,1H3. The highest BCUT2D eigenvalue weighted by molar-refractivity contribution is 9.10. The van der Waals surface area contributed by atoms with Crippen LogP contribution in [0.5, 0.6) is 0 Å². The number of aryl methyl sites for hydroxylation is 2. The van der Waals surface area contributed by atoms with Gasteiger partial charge in [0.25, 0.3) is 0 Å². The molecule has 0 saturated heterocycles. The van der Waals surface area contributed by atoms with Gasteiger partial charge in [-0.25, -0.2) is 4.98 Å². The number of benzene rings is 1. The predicted octanol–water partition coefficient (Wildman–Crippen LogP) is 5.11. The molecule has 0 bridgehead atoms. The number of thioether (sulfide) groups is 1. The normalized spacial score (nSPS) is 11.3. The summed E-state index contributed by atoms with van der Waals surface area (Å²) in [7, 11) is 0. The highest BCUT2D eigenvalue weighted by Gasteiger charge is 2.10. The number of aromatic nitrogens is 2. The Bertz CT molecular complexity index is 556. The van der Waals surface area contributed by atoms with Crippen LogP contribution in [0.1, 0.15) is 25.1 Å². The summed E-state index contributed by atoms with van der Waals surface area (Å²) in [6, 6.07) is 6.27. The average Bonchev–Trinajstić information content (AvgIpc) is 2.76. The van der Waals surface area contributed by atoms with Crippen molar-refractivity contribution in [2.45, 2.75) is 32.2 Å². The molecule has 0 amide bonds. The molecule has 2 rings (SSSR count). The van der Waals surface area contributed by atoms with Gasteiger partial charge >= 0.3 is 0 Å². The van der Waals surface area contributed by atoms with Crippen molar-refractivity contribution in [3.8, 4) is 0 Å². The molecule has 0 unspecified atom stereocenters. The molecule has 0 saturated carbocycles. The Morgan fingerprint density at radius 2 is 2.15 bits per heavy atom. The third-order valence-corrected chi connectivity index (χ3v) is 4.72. The molecular formula is C15H20BrClN2S. The first-order chi connectivity index (χ1) is 9.76. The van der Waals surface area contributed by atoms with E-state index in [1.54, 1.807) is 0 Å². The lowest BCUT2D eigenvalue weighted by Gasteiger charge is -2.08. The molecule has 20 heavy (non-hydrogen) atoms. The molecule has 1 aromatic carbocycles. The monoisotopic (exact) mass is 374 g/mol. The lowest BCUT2D eigenvalue weighted by Crippen LogP contribution is -2.05.